The first-order chi connectivity index (χ1) is 14.8. The fourth-order valence-electron chi connectivity index (χ4n) is 3.32. The summed E-state index contributed by atoms with van der Waals surface area (Å²) < 4.78 is 13.1. The molecular formula is C23H28N4O3S. The number of nitrogens with zero attached hydrogens (tertiary/aromatic N) is 3. The topological polar surface area (TPSA) is 78.3 Å². The number of thioether (sulfide) groups is 1. The van der Waals surface area contributed by atoms with E-state index < -0.39 is 0 Å². The normalized spacial score (nSPS) is 10.8. The Morgan fingerprint density at radius 2 is 1.74 bits per heavy atom. The molecule has 1 N–H and O–H groups in total. The van der Waals surface area contributed by atoms with Gasteiger partial charge in [-0.25, -0.2) is 0 Å². The van der Waals surface area contributed by atoms with Crippen LogP contribution in [-0.4, -0.2) is 33.5 Å². The predicted octanol–water partition coefficient (Wildman–Crippen LogP) is 4.37. The SMILES string of the molecule is COc1cc(C)ccc1OCc1nnc(SCC(=O)Nc2c(C)cc(C)cc2C)n1C. The summed E-state index contributed by atoms with van der Waals surface area (Å²) in [6.45, 7) is 8.29. The molecule has 0 aliphatic rings. The summed E-state index contributed by atoms with van der Waals surface area (Å²) in [5.74, 6) is 2.15. The molecule has 3 rings (SSSR count). The molecule has 1 heterocycles. The third kappa shape index (κ3) is 5.58. The number of aromatic nitrogens is 3. The van der Waals surface area contributed by atoms with Crippen molar-refractivity contribution in [1.82, 2.24) is 14.8 Å². The molecule has 7 nitrogen and oxygen atoms in total. The van der Waals surface area contributed by atoms with E-state index >= 15 is 0 Å². The van der Waals surface area contributed by atoms with Crippen LogP contribution in [0.4, 0.5) is 5.69 Å². The number of hydrogen-bond acceptors (Lipinski definition) is 6. The Balaban J connectivity index is 1.59. The molecule has 0 saturated heterocycles. The smallest absolute Gasteiger partial charge is 0.234 e. The molecule has 0 bridgehead atoms. The van der Waals surface area contributed by atoms with Gasteiger partial charge in [0.1, 0.15) is 6.61 Å². The highest BCUT2D eigenvalue weighted by Gasteiger charge is 2.14. The largest absolute Gasteiger partial charge is 0.493 e. The van der Waals surface area contributed by atoms with E-state index in [1.54, 1.807) is 7.11 Å². The number of amides is 1. The fourth-order valence-corrected chi connectivity index (χ4v) is 4.05. The third-order valence-electron chi connectivity index (χ3n) is 4.87. The molecule has 0 atom stereocenters. The van der Waals surface area contributed by atoms with Crippen LogP contribution in [0.1, 0.15) is 28.1 Å². The maximum Gasteiger partial charge on any atom is 0.234 e. The number of methoxy groups -OCH3 is 1. The Labute approximate surface area is 187 Å². The summed E-state index contributed by atoms with van der Waals surface area (Å²) in [5.41, 5.74) is 5.26. The number of carbonyl (C=O) groups excluding carboxylic acids is 1. The van der Waals surface area contributed by atoms with Crippen molar-refractivity contribution in [3.63, 3.8) is 0 Å². The minimum atomic E-state index is -0.0785. The van der Waals surface area contributed by atoms with Gasteiger partial charge in [0.25, 0.3) is 0 Å². The van der Waals surface area contributed by atoms with Gasteiger partial charge in [-0.1, -0.05) is 35.5 Å². The van der Waals surface area contributed by atoms with Gasteiger partial charge in [0.2, 0.25) is 5.91 Å². The van der Waals surface area contributed by atoms with Crippen LogP contribution in [0.15, 0.2) is 35.5 Å². The molecule has 0 spiro atoms. The first kappa shape index (κ1) is 22.7. The fraction of sp³-hybridized carbons (Fsp3) is 0.348. The molecule has 1 aromatic heterocycles. The van der Waals surface area contributed by atoms with E-state index in [0.717, 1.165) is 22.4 Å². The van der Waals surface area contributed by atoms with E-state index in [1.807, 2.05) is 57.5 Å². The number of benzene rings is 2. The summed E-state index contributed by atoms with van der Waals surface area (Å²) in [4.78, 5) is 12.5. The van der Waals surface area contributed by atoms with Crippen molar-refractivity contribution < 1.29 is 14.3 Å². The molecule has 0 saturated carbocycles. The highest BCUT2D eigenvalue weighted by Crippen LogP contribution is 2.28. The standard InChI is InChI=1S/C23H28N4O3S/c1-14-7-8-18(19(11-14)29-6)30-12-20-25-26-23(27(20)5)31-13-21(28)24-22-16(3)9-15(2)10-17(22)4/h7-11H,12-13H2,1-6H3,(H,24,28). The first-order valence-corrected chi connectivity index (χ1v) is 10.9. The van der Waals surface area contributed by atoms with Gasteiger partial charge in [0.15, 0.2) is 22.5 Å². The number of nitrogens with one attached hydrogen (secondary N) is 1. The molecule has 164 valence electrons. The summed E-state index contributed by atoms with van der Waals surface area (Å²) in [6, 6.07) is 9.89. The first-order valence-electron chi connectivity index (χ1n) is 9.94. The van der Waals surface area contributed by atoms with Gasteiger partial charge in [-0.3, -0.25) is 4.79 Å². The molecule has 0 aliphatic heterocycles. The molecule has 3 aromatic rings. The van der Waals surface area contributed by atoms with Crippen molar-refractivity contribution in [2.45, 2.75) is 39.5 Å². The molecule has 0 unspecified atom stereocenters. The number of anilines is 1. The maximum absolute atomic E-state index is 12.5. The highest BCUT2D eigenvalue weighted by atomic mass is 32.2. The Bertz CT molecular complexity index is 1070. The van der Waals surface area contributed by atoms with Gasteiger partial charge < -0.3 is 19.4 Å². The van der Waals surface area contributed by atoms with Crippen LogP contribution >= 0.6 is 11.8 Å². The average molecular weight is 441 g/mol. The number of ether oxygens (including phenoxy) is 2. The Morgan fingerprint density at radius 3 is 2.42 bits per heavy atom. The molecular weight excluding hydrogens is 412 g/mol. The van der Waals surface area contributed by atoms with Crippen LogP contribution < -0.4 is 14.8 Å². The zero-order chi connectivity index (χ0) is 22.5. The van der Waals surface area contributed by atoms with Gasteiger partial charge >= 0.3 is 0 Å². The Kier molecular flexibility index (Phi) is 7.22. The molecule has 31 heavy (non-hydrogen) atoms. The lowest BCUT2D eigenvalue weighted by Gasteiger charge is -2.13. The second-order valence-corrected chi connectivity index (χ2v) is 8.45. The summed E-state index contributed by atoms with van der Waals surface area (Å²) >= 11 is 1.34. The van der Waals surface area contributed by atoms with Crippen LogP contribution in [0.3, 0.4) is 0 Å². The van der Waals surface area contributed by atoms with Crippen LogP contribution in [-0.2, 0) is 18.4 Å². The zero-order valence-electron chi connectivity index (χ0n) is 18.8. The predicted molar refractivity (Wildman–Crippen MR) is 123 cm³/mol. The van der Waals surface area contributed by atoms with Gasteiger partial charge in [0.05, 0.1) is 12.9 Å². The quantitative estimate of drug-likeness (QED) is 0.524. The Morgan fingerprint density at radius 1 is 1.03 bits per heavy atom. The number of aryl methyl sites for hydroxylation is 4. The molecule has 0 aliphatic carbocycles. The van der Waals surface area contributed by atoms with Crippen LogP contribution in [0.2, 0.25) is 0 Å². The van der Waals surface area contributed by atoms with E-state index in [9.17, 15) is 4.79 Å². The van der Waals surface area contributed by atoms with E-state index in [-0.39, 0.29) is 18.3 Å². The minimum Gasteiger partial charge on any atom is -0.493 e. The lowest BCUT2D eigenvalue weighted by molar-refractivity contribution is -0.113. The van der Waals surface area contributed by atoms with E-state index in [4.69, 9.17) is 9.47 Å². The zero-order valence-corrected chi connectivity index (χ0v) is 19.6. The van der Waals surface area contributed by atoms with Gasteiger partial charge in [0, 0.05) is 12.7 Å². The molecule has 2 aromatic carbocycles. The van der Waals surface area contributed by atoms with Gasteiger partial charge in [-0.05, 0) is 56.5 Å². The number of hydrogen-bond donors (Lipinski definition) is 1. The van der Waals surface area contributed by atoms with Crippen molar-refractivity contribution in [3.05, 3.63) is 58.4 Å². The molecule has 0 radical (unpaired) electrons. The number of rotatable bonds is 8. The van der Waals surface area contributed by atoms with Gasteiger partial charge in [-0.2, -0.15) is 0 Å². The average Bonchev–Trinajstić information content (AvgIpc) is 3.07. The van der Waals surface area contributed by atoms with Crippen LogP contribution in [0.25, 0.3) is 0 Å². The molecule has 8 heteroatoms. The van der Waals surface area contributed by atoms with Crippen LogP contribution in [0, 0.1) is 27.7 Å². The van der Waals surface area contributed by atoms with Crippen molar-refractivity contribution in [3.8, 4) is 11.5 Å². The number of carbonyl (C=O) groups is 1. The van der Waals surface area contributed by atoms with E-state index in [0.29, 0.717) is 22.5 Å². The molecule has 0 fully saturated rings. The highest BCUT2D eigenvalue weighted by molar-refractivity contribution is 7.99. The van der Waals surface area contributed by atoms with Crippen molar-refractivity contribution in [2.24, 2.45) is 7.05 Å². The van der Waals surface area contributed by atoms with E-state index in [2.05, 4.69) is 27.6 Å². The van der Waals surface area contributed by atoms with Crippen molar-refractivity contribution >= 4 is 23.4 Å². The monoisotopic (exact) mass is 440 g/mol. The summed E-state index contributed by atoms with van der Waals surface area (Å²) in [5, 5.41) is 12.1. The van der Waals surface area contributed by atoms with Gasteiger partial charge in [-0.15, -0.1) is 10.2 Å². The third-order valence-corrected chi connectivity index (χ3v) is 5.90. The lowest BCUT2D eigenvalue weighted by atomic mass is 10.1. The Hall–Kier alpha value is -3.00. The maximum atomic E-state index is 12.5. The lowest BCUT2D eigenvalue weighted by Crippen LogP contribution is -2.16. The second-order valence-electron chi connectivity index (χ2n) is 7.51. The molecule has 1 amide bonds. The minimum absolute atomic E-state index is 0.0785. The summed E-state index contributed by atoms with van der Waals surface area (Å²) in [7, 11) is 3.48. The van der Waals surface area contributed by atoms with Crippen molar-refractivity contribution in [2.75, 3.05) is 18.2 Å². The second kappa shape index (κ2) is 9.87. The summed E-state index contributed by atoms with van der Waals surface area (Å²) in [6.07, 6.45) is 0. The van der Waals surface area contributed by atoms with E-state index in [1.165, 1.54) is 17.3 Å². The van der Waals surface area contributed by atoms with Crippen LogP contribution in [0.5, 0.6) is 11.5 Å². The van der Waals surface area contributed by atoms with Crippen molar-refractivity contribution in [1.29, 1.82) is 0 Å².